The van der Waals surface area contributed by atoms with E-state index in [0.29, 0.717) is 35.7 Å². The molecule has 0 aliphatic carbocycles. The van der Waals surface area contributed by atoms with Gasteiger partial charge < -0.3 is 19.4 Å². The minimum absolute atomic E-state index is 0.0120. The number of nitrogens with zero attached hydrogens (tertiary/aromatic N) is 8. The standard InChI is InChI=1S/C46H44F2N10O7S/c47-30-13-14-56(26-30)66(63,64)52-40-10-8-38(48)43(37(40)21-49)65-34-6-9-39-36(20-34)46(62)58(27-50-39)32-3-1-31(2-4-32)54-17-15-53(16-18-54)22-28-23-55(24-28)33-5-7-35-29(19-33)25-57(45(35)61)41-11-12-42(59)51-44(41)60/h1-10,19-20,27-28,30,41,52H,11-18,22-26H2,(H,51,59,60)/t30-,41?/m1/s1. The summed E-state index contributed by atoms with van der Waals surface area (Å²) < 4.78 is 65.1. The highest BCUT2D eigenvalue weighted by atomic mass is 32.2. The number of alkyl halides is 1. The first-order valence-corrected chi connectivity index (χ1v) is 23.2. The summed E-state index contributed by atoms with van der Waals surface area (Å²) in [5.74, 6) is -1.86. The van der Waals surface area contributed by atoms with Gasteiger partial charge in [-0.3, -0.25) is 38.7 Å². The summed E-state index contributed by atoms with van der Waals surface area (Å²) in [4.78, 5) is 64.2. The predicted octanol–water partition coefficient (Wildman–Crippen LogP) is 3.91. The Bertz CT molecular complexity index is 3010. The zero-order chi connectivity index (χ0) is 45.9. The molecule has 4 aromatic carbocycles. The molecule has 4 fully saturated rings. The van der Waals surface area contributed by atoms with Gasteiger partial charge in [-0.05, 0) is 91.2 Å². The lowest BCUT2D eigenvalue weighted by atomic mass is 9.97. The van der Waals surface area contributed by atoms with Gasteiger partial charge in [0, 0.05) is 94.7 Å². The van der Waals surface area contributed by atoms with Gasteiger partial charge in [-0.2, -0.15) is 18.0 Å². The third-order valence-electron chi connectivity index (χ3n) is 13.1. The molecule has 5 aliphatic rings. The van der Waals surface area contributed by atoms with Crippen molar-refractivity contribution in [3.8, 4) is 23.3 Å². The van der Waals surface area contributed by atoms with Crippen molar-refractivity contribution in [2.45, 2.75) is 38.0 Å². The average Bonchev–Trinajstić information content (AvgIpc) is 3.89. The number of carbonyl (C=O) groups excluding carboxylic acids is 3. The Morgan fingerprint density at radius 1 is 0.864 bits per heavy atom. The number of hydrogen-bond donors (Lipinski definition) is 2. The lowest BCUT2D eigenvalue weighted by Gasteiger charge is -2.45. The van der Waals surface area contributed by atoms with E-state index in [2.05, 4.69) is 35.8 Å². The van der Waals surface area contributed by atoms with E-state index in [1.165, 1.54) is 29.1 Å². The Morgan fingerprint density at radius 2 is 1.62 bits per heavy atom. The fourth-order valence-corrected chi connectivity index (χ4v) is 10.7. The molecule has 2 N–H and O–H groups in total. The zero-order valence-corrected chi connectivity index (χ0v) is 36.3. The number of fused-ring (bicyclic) bond motifs is 2. The molecule has 0 radical (unpaired) electrons. The summed E-state index contributed by atoms with van der Waals surface area (Å²) in [5.41, 5.74) is 3.43. The van der Waals surface area contributed by atoms with Gasteiger partial charge in [0.1, 0.15) is 35.9 Å². The van der Waals surface area contributed by atoms with E-state index in [0.717, 1.165) is 79.2 Å². The van der Waals surface area contributed by atoms with E-state index in [9.17, 15) is 37.2 Å². The molecule has 17 nitrogen and oxygen atoms in total. The number of amides is 3. The number of aromatic nitrogens is 2. The molecule has 1 unspecified atom stereocenters. The van der Waals surface area contributed by atoms with Crippen molar-refractivity contribution >= 4 is 55.9 Å². The second kappa shape index (κ2) is 17.1. The Labute approximate surface area is 377 Å². The van der Waals surface area contributed by atoms with Crippen LogP contribution in [0.4, 0.5) is 25.8 Å². The molecule has 5 aliphatic heterocycles. The number of benzene rings is 4. The summed E-state index contributed by atoms with van der Waals surface area (Å²) in [6.45, 7) is 6.23. The molecule has 6 heterocycles. The van der Waals surface area contributed by atoms with E-state index in [1.807, 2.05) is 36.4 Å². The van der Waals surface area contributed by atoms with Crippen LogP contribution in [0.25, 0.3) is 16.6 Å². The predicted molar refractivity (Wildman–Crippen MR) is 239 cm³/mol. The number of imide groups is 1. The highest BCUT2D eigenvalue weighted by Crippen LogP contribution is 2.36. The van der Waals surface area contributed by atoms with Crippen molar-refractivity contribution < 1.29 is 36.3 Å². The monoisotopic (exact) mass is 918 g/mol. The quantitative estimate of drug-likeness (QED) is 0.182. The molecule has 4 saturated heterocycles. The van der Waals surface area contributed by atoms with Crippen LogP contribution >= 0.6 is 0 Å². The van der Waals surface area contributed by atoms with E-state index in [1.54, 1.807) is 11.0 Å². The van der Waals surface area contributed by atoms with Gasteiger partial charge in [-0.25, -0.2) is 13.8 Å². The van der Waals surface area contributed by atoms with E-state index in [-0.39, 0.29) is 54.6 Å². The lowest BCUT2D eigenvalue weighted by Crippen LogP contribution is -2.55. The molecule has 1 aromatic heterocycles. The Kier molecular flexibility index (Phi) is 11.1. The first-order chi connectivity index (χ1) is 31.8. The van der Waals surface area contributed by atoms with Crippen molar-refractivity contribution in [2.24, 2.45) is 5.92 Å². The molecule has 2 atom stereocenters. The maximum absolute atomic E-state index is 15.2. The molecule has 0 bridgehead atoms. The maximum atomic E-state index is 15.2. The van der Waals surface area contributed by atoms with Crippen molar-refractivity contribution in [3.63, 3.8) is 0 Å². The van der Waals surface area contributed by atoms with Gasteiger partial charge in [0.15, 0.2) is 11.6 Å². The van der Waals surface area contributed by atoms with Gasteiger partial charge >= 0.3 is 10.2 Å². The number of halogens is 2. The third-order valence-corrected chi connectivity index (χ3v) is 14.5. The molecule has 0 spiro atoms. The Balaban J connectivity index is 0.742. The topological polar surface area (TPSA) is 194 Å². The van der Waals surface area contributed by atoms with Crippen molar-refractivity contribution in [2.75, 3.05) is 73.4 Å². The average molecular weight is 919 g/mol. The summed E-state index contributed by atoms with van der Waals surface area (Å²) in [6.07, 6.45) is 0.716. The van der Waals surface area contributed by atoms with Crippen LogP contribution in [0.5, 0.6) is 11.5 Å². The molecule has 3 amide bonds. The highest BCUT2D eigenvalue weighted by Gasteiger charge is 2.40. The summed E-state index contributed by atoms with van der Waals surface area (Å²) in [6, 6.07) is 21.1. The van der Waals surface area contributed by atoms with Crippen LogP contribution in [0.3, 0.4) is 0 Å². The van der Waals surface area contributed by atoms with Gasteiger partial charge in [-0.15, -0.1) is 0 Å². The second-order valence-electron chi connectivity index (χ2n) is 17.3. The number of piperazine rings is 1. The zero-order valence-electron chi connectivity index (χ0n) is 35.5. The van der Waals surface area contributed by atoms with Crippen LogP contribution in [0.15, 0.2) is 83.9 Å². The normalized spacial score (nSPS) is 20.6. The molecule has 5 aromatic rings. The van der Waals surface area contributed by atoms with Gasteiger partial charge in [0.05, 0.1) is 22.3 Å². The highest BCUT2D eigenvalue weighted by molar-refractivity contribution is 7.90. The van der Waals surface area contributed by atoms with Crippen LogP contribution in [-0.4, -0.2) is 121 Å². The van der Waals surface area contributed by atoms with Crippen LogP contribution in [0, 0.1) is 23.1 Å². The van der Waals surface area contributed by atoms with Gasteiger partial charge in [0.2, 0.25) is 11.8 Å². The summed E-state index contributed by atoms with van der Waals surface area (Å²) >= 11 is 0. The number of nitrogens with one attached hydrogen (secondary N) is 2. The summed E-state index contributed by atoms with van der Waals surface area (Å²) in [5, 5.41) is 12.5. The Morgan fingerprint density at radius 3 is 2.35 bits per heavy atom. The SMILES string of the molecule is N#Cc1c(NS(=O)(=O)N2CC[C@@H](F)C2)ccc(F)c1Oc1ccc2ncn(-c3ccc(N4CCN(CC5CN(c6ccc7c(c6)CN(C6CCC(=O)NC6=O)C7=O)C5)CC4)cc3)c(=O)c2c1. The fourth-order valence-electron chi connectivity index (χ4n) is 9.46. The molecule has 66 heavy (non-hydrogen) atoms. The van der Waals surface area contributed by atoms with E-state index in [4.69, 9.17) is 4.74 Å². The van der Waals surface area contributed by atoms with E-state index < -0.39 is 51.0 Å². The summed E-state index contributed by atoms with van der Waals surface area (Å²) in [7, 11) is -4.24. The Hall–Kier alpha value is -6.95. The smallest absolute Gasteiger partial charge is 0.301 e. The number of nitriles is 1. The number of hydrogen-bond acceptors (Lipinski definition) is 12. The number of rotatable bonds is 11. The van der Waals surface area contributed by atoms with Crippen LogP contribution in [0.1, 0.15) is 40.7 Å². The molecule has 340 valence electrons. The van der Waals surface area contributed by atoms with Gasteiger partial charge in [-0.1, -0.05) is 0 Å². The first-order valence-electron chi connectivity index (χ1n) is 21.8. The molecule has 0 saturated carbocycles. The van der Waals surface area contributed by atoms with Crippen molar-refractivity contribution in [1.82, 2.24) is 29.0 Å². The van der Waals surface area contributed by atoms with Gasteiger partial charge in [0.25, 0.3) is 11.5 Å². The fraction of sp³-hybridized carbons (Fsp3) is 0.348. The van der Waals surface area contributed by atoms with Crippen LogP contribution in [0.2, 0.25) is 0 Å². The number of piperidine rings is 1. The molecule has 20 heteroatoms. The number of carbonyl (C=O) groups is 3. The third kappa shape index (κ3) is 8.18. The largest absolute Gasteiger partial charge is 0.453 e. The number of anilines is 3. The van der Waals surface area contributed by atoms with Crippen LogP contribution < -0.4 is 30.1 Å². The van der Waals surface area contributed by atoms with Crippen LogP contribution in [-0.2, 0) is 26.3 Å². The lowest BCUT2D eigenvalue weighted by molar-refractivity contribution is -0.136. The van der Waals surface area contributed by atoms with Crippen molar-refractivity contribution in [1.29, 1.82) is 5.26 Å². The number of ether oxygens (including phenoxy) is 1. The molecular formula is C46H44F2N10O7S. The maximum Gasteiger partial charge on any atom is 0.301 e. The first kappa shape index (κ1) is 43.0. The van der Waals surface area contributed by atoms with Crippen molar-refractivity contribution in [3.05, 3.63) is 112 Å². The molecular weight excluding hydrogens is 875 g/mol. The minimum Gasteiger partial charge on any atom is -0.453 e. The minimum atomic E-state index is -4.24. The molecule has 10 rings (SSSR count). The second-order valence-corrected chi connectivity index (χ2v) is 18.9. The van der Waals surface area contributed by atoms with E-state index >= 15 is 4.39 Å².